The van der Waals surface area contributed by atoms with Gasteiger partial charge >= 0.3 is 5.97 Å². The maximum absolute atomic E-state index is 11.5. The number of hydrogen-bond acceptors (Lipinski definition) is 5. The van der Waals surface area contributed by atoms with E-state index in [0.29, 0.717) is 13.2 Å². The highest BCUT2D eigenvalue weighted by Gasteiger charge is 2.36. The summed E-state index contributed by atoms with van der Waals surface area (Å²) in [6.45, 7) is 4.79. The van der Waals surface area contributed by atoms with E-state index in [1.165, 1.54) is 0 Å². The summed E-state index contributed by atoms with van der Waals surface area (Å²) in [4.78, 5) is 11.5. The average Bonchev–Trinajstić information content (AvgIpc) is 2.29. The molecule has 1 N–H and O–H groups in total. The minimum Gasteiger partial charge on any atom is -0.464 e. The maximum atomic E-state index is 11.5. The van der Waals surface area contributed by atoms with E-state index in [1.807, 2.05) is 6.92 Å². The zero-order valence-electron chi connectivity index (χ0n) is 9.85. The van der Waals surface area contributed by atoms with Gasteiger partial charge in [0.05, 0.1) is 6.61 Å². The normalized spacial score (nSPS) is 27.4. The summed E-state index contributed by atoms with van der Waals surface area (Å²) in [5.41, 5.74) is -0.0850. The van der Waals surface area contributed by atoms with Crippen molar-refractivity contribution in [2.75, 3.05) is 19.0 Å². The van der Waals surface area contributed by atoms with Gasteiger partial charge in [0.1, 0.15) is 5.44 Å². The van der Waals surface area contributed by atoms with Gasteiger partial charge in [0.25, 0.3) is 0 Å². The molecule has 1 heterocycles. The van der Waals surface area contributed by atoms with Crippen LogP contribution in [0.4, 0.5) is 0 Å². The molecule has 3 atom stereocenters. The summed E-state index contributed by atoms with van der Waals surface area (Å²) in [5.74, 6) is 0.244. The fraction of sp³-hybridized carbons (Fsp3) is 0.909. The van der Waals surface area contributed by atoms with Crippen LogP contribution in [0.15, 0.2) is 0 Å². The highest BCUT2D eigenvalue weighted by molar-refractivity contribution is 7.99. The first-order valence-corrected chi connectivity index (χ1v) is 6.83. The molecule has 5 heteroatoms. The van der Waals surface area contributed by atoms with Crippen LogP contribution in [-0.4, -0.2) is 41.6 Å². The van der Waals surface area contributed by atoms with Crippen molar-refractivity contribution in [1.29, 1.82) is 0 Å². The SMILES string of the molecule is CCOC(=O)C(O)C1CCCOC1SCC. The van der Waals surface area contributed by atoms with Gasteiger partial charge in [0.2, 0.25) is 0 Å². The van der Waals surface area contributed by atoms with Gasteiger partial charge in [0.15, 0.2) is 6.10 Å². The van der Waals surface area contributed by atoms with Crippen molar-refractivity contribution in [2.45, 2.75) is 38.2 Å². The molecule has 1 saturated heterocycles. The lowest BCUT2D eigenvalue weighted by Gasteiger charge is -2.33. The van der Waals surface area contributed by atoms with E-state index >= 15 is 0 Å². The van der Waals surface area contributed by atoms with E-state index in [0.717, 1.165) is 18.6 Å². The number of carbonyl (C=O) groups is 1. The quantitative estimate of drug-likeness (QED) is 0.746. The van der Waals surface area contributed by atoms with Gasteiger partial charge < -0.3 is 14.6 Å². The van der Waals surface area contributed by atoms with Gasteiger partial charge in [-0.15, -0.1) is 11.8 Å². The summed E-state index contributed by atoms with van der Waals surface area (Å²) < 4.78 is 10.4. The first kappa shape index (κ1) is 13.8. The molecule has 16 heavy (non-hydrogen) atoms. The van der Waals surface area contributed by atoms with Gasteiger partial charge in [-0.1, -0.05) is 6.92 Å². The zero-order chi connectivity index (χ0) is 12.0. The minimum absolute atomic E-state index is 0.0850. The van der Waals surface area contributed by atoms with Gasteiger partial charge in [-0.2, -0.15) is 0 Å². The van der Waals surface area contributed by atoms with Crippen molar-refractivity contribution in [3.05, 3.63) is 0 Å². The molecule has 0 radical (unpaired) electrons. The molecule has 0 aliphatic carbocycles. The first-order valence-electron chi connectivity index (χ1n) is 5.78. The van der Waals surface area contributed by atoms with Crippen LogP contribution in [0.5, 0.6) is 0 Å². The van der Waals surface area contributed by atoms with Gasteiger partial charge in [0, 0.05) is 12.5 Å². The molecule has 0 bridgehead atoms. The largest absolute Gasteiger partial charge is 0.464 e. The van der Waals surface area contributed by atoms with Crippen LogP contribution in [0.3, 0.4) is 0 Å². The number of rotatable bonds is 5. The second-order valence-electron chi connectivity index (χ2n) is 3.70. The lowest BCUT2D eigenvalue weighted by atomic mass is 9.96. The maximum Gasteiger partial charge on any atom is 0.335 e. The molecule has 0 amide bonds. The highest BCUT2D eigenvalue weighted by atomic mass is 32.2. The smallest absolute Gasteiger partial charge is 0.335 e. The van der Waals surface area contributed by atoms with E-state index < -0.39 is 12.1 Å². The third-order valence-corrected chi connectivity index (χ3v) is 3.73. The van der Waals surface area contributed by atoms with Crippen molar-refractivity contribution in [3.63, 3.8) is 0 Å². The number of esters is 1. The molecular weight excluding hydrogens is 228 g/mol. The monoisotopic (exact) mass is 248 g/mol. The van der Waals surface area contributed by atoms with Crippen LogP contribution in [0.25, 0.3) is 0 Å². The van der Waals surface area contributed by atoms with E-state index in [2.05, 4.69) is 0 Å². The van der Waals surface area contributed by atoms with Gasteiger partial charge in [-0.05, 0) is 25.5 Å². The Morgan fingerprint density at radius 3 is 3.00 bits per heavy atom. The third-order valence-electron chi connectivity index (χ3n) is 2.58. The summed E-state index contributed by atoms with van der Waals surface area (Å²) in [5, 5.41) is 9.90. The molecule has 1 aliphatic heterocycles. The van der Waals surface area contributed by atoms with Crippen LogP contribution in [0.1, 0.15) is 26.7 Å². The molecule has 0 aromatic carbocycles. The Morgan fingerprint density at radius 2 is 2.38 bits per heavy atom. The molecule has 1 rings (SSSR count). The molecule has 3 unspecified atom stereocenters. The van der Waals surface area contributed by atoms with Crippen LogP contribution in [0.2, 0.25) is 0 Å². The lowest BCUT2D eigenvalue weighted by Crippen LogP contribution is -2.41. The Balaban J connectivity index is 2.55. The second-order valence-corrected chi connectivity index (χ2v) is 5.07. The number of aliphatic hydroxyl groups excluding tert-OH is 1. The Labute approximate surface area is 101 Å². The molecule has 4 nitrogen and oxygen atoms in total. The molecule has 0 aromatic rings. The molecule has 0 saturated carbocycles. The third kappa shape index (κ3) is 3.64. The zero-order valence-corrected chi connectivity index (χ0v) is 10.7. The van der Waals surface area contributed by atoms with E-state index in [4.69, 9.17) is 9.47 Å². The average molecular weight is 248 g/mol. The van der Waals surface area contributed by atoms with Crippen molar-refractivity contribution < 1.29 is 19.4 Å². The second kappa shape index (κ2) is 7.14. The summed E-state index contributed by atoms with van der Waals surface area (Å²) in [6, 6.07) is 0. The molecule has 94 valence electrons. The van der Waals surface area contributed by atoms with Crippen LogP contribution in [-0.2, 0) is 14.3 Å². The summed E-state index contributed by atoms with van der Waals surface area (Å²) in [6.07, 6.45) is 0.656. The standard InChI is InChI=1S/C11H20O4S/c1-3-14-10(13)9(12)8-6-5-7-15-11(8)16-4-2/h8-9,11-12H,3-7H2,1-2H3. The van der Waals surface area contributed by atoms with Crippen molar-refractivity contribution in [2.24, 2.45) is 5.92 Å². The van der Waals surface area contributed by atoms with E-state index in [1.54, 1.807) is 18.7 Å². The lowest BCUT2D eigenvalue weighted by molar-refractivity contribution is -0.159. The van der Waals surface area contributed by atoms with Crippen LogP contribution >= 0.6 is 11.8 Å². The summed E-state index contributed by atoms with van der Waals surface area (Å²) >= 11 is 1.63. The van der Waals surface area contributed by atoms with Crippen LogP contribution in [0, 0.1) is 5.92 Å². The Kier molecular flexibility index (Phi) is 6.16. The van der Waals surface area contributed by atoms with Crippen LogP contribution < -0.4 is 0 Å². The van der Waals surface area contributed by atoms with Crippen molar-refractivity contribution >= 4 is 17.7 Å². The Morgan fingerprint density at radius 1 is 1.62 bits per heavy atom. The fourth-order valence-electron chi connectivity index (χ4n) is 1.82. The molecule has 0 aromatic heterocycles. The predicted octanol–water partition coefficient (Wildman–Crippen LogP) is 1.42. The molecular formula is C11H20O4S. The topological polar surface area (TPSA) is 55.8 Å². The van der Waals surface area contributed by atoms with Crippen molar-refractivity contribution in [3.8, 4) is 0 Å². The molecule has 1 aliphatic rings. The Hall–Kier alpha value is -0.260. The van der Waals surface area contributed by atoms with Gasteiger partial charge in [-0.3, -0.25) is 0 Å². The highest BCUT2D eigenvalue weighted by Crippen LogP contribution is 2.31. The number of ether oxygens (including phenoxy) is 2. The number of carbonyl (C=O) groups excluding carboxylic acids is 1. The van der Waals surface area contributed by atoms with Crippen molar-refractivity contribution in [1.82, 2.24) is 0 Å². The first-order chi connectivity index (χ1) is 7.70. The molecule has 0 spiro atoms. The number of hydrogen-bond donors (Lipinski definition) is 1. The summed E-state index contributed by atoms with van der Waals surface area (Å²) in [7, 11) is 0. The predicted molar refractivity (Wildman–Crippen MR) is 63.2 cm³/mol. The van der Waals surface area contributed by atoms with E-state index in [9.17, 15) is 9.90 Å². The van der Waals surface area contributed by atoms with E-state index in [-0.39, 0.29) is 11.4 Å². The van der Waals surface area contributed by atoms with Gasteiger partial charge in [-0.25, -0.2) is 4.79 Å². The molecule has 1 fully saturated rings. The fourth-order valence-corrected chi connectivity index (χ4v) is 2.88. The Bertz CT molecular complexity index is 220. The number of thioether (sulfide) groups is 1. The number of aliphatic hydroxyl groups is 1. The minimum atomic E-state index is -1.05.